The van der Waals surface area contributed by atoms with Crippen molar-refractivity contribution in [1.82, 2.24) is 15.1 Å². The smallest absolute Gasteiger partial charge is 0.267 e. The summed E-state index contributed by atoms with van der Waals surface area (Å²) in [5.41, 5.74) is 2.24. The van der Waals surface area contributed by atoms with Crippen LogP contribution in [0.15, 0.2) is 35.1 Å². The molecule has 130 valence electrons. The summed E-state index contributed by atoms with van der Waals surface area (Å²) in [6.07, 6.45) is 4.41. The monoisotopic (exact) mass is 341 g/mol. The van der Waals surface area contributed by atoms with Crippen LogP contribution in [-0.2, 0) is 29.6 Å². The number of aromatic nitrogens is 2. The van der Waals surface area contributed by atoms with Crippen LogP contribution in [0.1, 0.15) is 36.1 Å². The van der Waals surface area contributed by atoms with Crippen LogP contribution in [0, 0.1) is 5.82 Å². The molecule has 25 heavy (non-hydrogen) atoms. The summed E-state index contributed by atoms with van der Waals surface area (Å²) in [4.78, 5) is 24.6. The highest BCUT2D eigenvalue weighted by atomic mass is 19.1. The van der Waals surface area contributed by atoms with Crippen molar-refractivity contribution < 1.29 is 9.18 Å². The van der Waals surface area contributed by atoms with Crippen molar-refractivity contribution in [2.24, 2.45) is 0 Å². The van der Waals surface area contributed by atoms with Crippen molar-refractivity contribution in [1.29, 1.82) is 0 Å². The molecule has 1 N–H and O–H groups in total. The summed E-state index contributed by atoms with van der Waals surface area (Å²) in [6.45, 7) is 0.713. The minimum absolute atomic E-state index is 0.0617. The summed E-state index contributed by atoms with van der Waals surface area (Å²) in [5, 5.41) is 7.32. The van der Waals surface area contributed by atoms with Crippen molar-refractivity contribution in [2.75, 3.05) is 6.54 Å². The molecule has 0 atom stereocenters. The van der Waals surface area contributed by atoms with Crippen LogP contribution in [0.25, 0.3) is 0 Å². The van der Waals surface area contributed by atoms with Crippen LogP contribution in [0.2, 0.25) is 0 Å². The Morgan fingerprint density at radius 1 is 1.24 bits per heavy atom. The van der Waals surface area contributed by atoms with Crippen molar-refractivity contribution in [3.05, 3.63) is 63.3 Å². The molecule has 1 aromatic heterocycles. The normalized spacial score (nSPS) is 17.2. The van der Waals surface area contributed by atoms with Gasteiger partial charge in [-0.25, -0.2) is 9.07 Å². The fraction of sp³-hybridized carbons (Fsp3) is 0.421. The molecule has 0 radical (unpaired) electrons. The van der Waals surface area contributed by atoms with Crippen LogP contribution in [0.4, 0.5) is 4.39 Å². The van der Waals surface area contributed by atoms with Gasteiger partial charge in [0.15, 0.2) is 0 Å². The van der Waals surface area contributed by atoms with Crippen LogP contribution in [0.3, 0.4) is 0 Å². The Morgan fingerprint density at radius 2 is 2.00 bits per heavy atom. The topological polar surface area (TPSA) is 64.0 Å². The lowest BCUT2D eigenvalue weighted by molar-refractivity contribution is -0.123. The quantitative estimate of drug-likeness (QED) is 0.901. The summed E-state index contributed by atoms with van der Waals surface area (Å²) in [7, 11) is 0. The standard InChI is InChI=1S/C19H20FN3O2/c20-15-6-4-14(5-7-15)19(8-9-19)18(25)21-10-11-23-17(24)12-13-2-1-3-16(13)22-23/h4-7,12H,1-3,8-11H2,(H,21,25). The molecule has 0 spiro atoms. The molecule has 6 heteroatoms. The molecule has 2 aliphatic rings. The first-order valence-corrected chi connectivity index (χ1v) is 8.73. The molecule has 1 heterocycles. The van der Waals surface area contributed by atoms with Crippen molar-refractivity contribution >= 4 is 5.91 Å². The summed E-state index contributed by atoms with van der Waals surface area (Å²) < 4.78 is 14.5. The van der Waals surface area contributed by atoms with Crippen LogP contribution in [-0.4, -0.2) is 22.2 Å². The molecule has 5 nitrogen and oxygen atoms in total. The summed E-state index contributed by atoms with van der Waals surface area (Å²) in [5.74, 6) is -0.365. The number of aryl methyl sites for hydroxylation is 2. The molecule has 1 saturated carbocycles. The Kier molecular flexibility index (Phi) is 3.90. The Morgan fingerprint density at radius 3 is 2.72 bits per heavy atom. The molecule has 0 bridgehead atoms. The van der Waals surface area contributed by atoms with E-state index in [0.717, 1.165) is 48.9 Å². The number of benzene rings is 1. The molecule has 1 amide bonds. The first-order chi connectivity index (χ1) is 12.1. The molecule has 0 saturated heterocycles. The number of rotatable bonds is 5. The van der Waals surface area contributed by atoms with E-state index in [4.69, 9.17) is 0 Å². The molecular formula is C19H20FN3O2. The minimum atomic E-state index is -0.538. The highest BCUT2D eigenvalue weighted by Gasteiger charge is 2.51. The van der Waals surface area contributed by atoms with E-state index >= 15 is 0 Å². The van der Waals surface area contributed by atoms with Crippen LogP contribution in [0.5, 0.6) is 0 Å². The Bertz CT molecular complexity index is 869. The number of amides is 1. The van der Waals surface area contributed by atoms with E-state index in [1.54, 1.807) is 18.2 Å². The molecule has 1 aromatic carbocycles. The van der Waals surface area contributed by atoms with E-state index in [2.05, 4.69) is 10.4 Å². The third-order valence-corrected chi connectivity index (χ3v) is 5.21. The van der Waals surface area contributed by atoms with Crippen molar-refractivity contribution in [2.45, 2.75) is 44.1 Å². The lowest BCUT2D eigenvalue weighted by Crippen LogP contribution is -2.38. The van der Waals surface area contributed by atoms with Crippen molar-refractivity contribution in [3.63, 3.8) is 0 Å². The zero-order chi connectivity index (χ0) is 17.4. The van der Waals surface area contributed by atoms with Gasteiger partial charge in [0.1, 0.15) is 5.82 Å². The molecule has 2 aliphatic carbocycles. The number of nitrogens with zero attached hydrogens (tertiary/aromatic N) is 2. The zero-order valence-electron chi connectivity index (χ0n) is 13.9. The molecular weight excluding hydrogens is 321 g/mol. The second-order valence-electron chi connectivity index (χ2n) is 6.88. The van der Waals surface area contributed by atoms with Crippen LogP contribution < -0.4 is 10.9 Å². The largest absolute Gasteiger partial charge is 0.353 e. The SMILES string of the molecule is O=C(NCCn1nc2c(cc1=O)CCC2)C1(c2ccc(F)cc2)CC1. The van der Waals surface area contributed by atoms with E-state index in [1.807, 2.05) is 0 Å². The van der Waals surface area contributed by atoms with E-state index in [-0.39, 0.29) is 17.3 Å². The maximum Gasteiger partial charge on any atom is 0.267 e. The Balaban J connectivity index is 1.40. The number of carbonyl (C=O) groups excluding carboxylic acids is 1. The number of hydrogen-bond donors (Lipinski definition) is 1. The first-order valence-electron chi connectivity index (χ1n) is 8.73. The third-order valence-electron chi connectivity index (χ3n) is 5.21. The van der Waals surface area contributed by atoms with Gasteiger partial charge < -0.3 is 5.32 Å². The van der Waals surface area contributed by atoms with Gasteiger partial charge in [0, 0.05) is 12.6 Å². The van der Waals surface area contributed by atoms with Gasteiger partial charge in [0.25, 0.3) is 5.56 Å². The molecule has 4 rings (SSSR count). The zero-order valence-corrected chi connectivity index (χ0v) is 13.9. The Hall–Kier alpha value is -2.50. The predicted octanol–water partition coefficient (Wildman–Crippen LogP) is 1.72. The van der Waals surface area contributed by atoms with Crippen molar-refractivity contribution in [3.8, 4) is 0 Å². The third kappa shape index (κ3) is 2.97. The lowest BCUT2D eigenvalue weighted by Gasteiger charge is -2.16. The summed E-state index contributed by atoms with van der Waals surface area (Å²) >= 11 is 0. The molecule has 2 aromatic rings. The Labute approximate surface area is 144 Å². The van der Waals surface area contributed by atoms with Gasteiger partial charge >= 0.3 is 0 Å². The van der Waals surface area contributed by atoms with Gasteiger partial charge in [-0.3, -0.25) is 9.59 Å². The van der Waals surface area contributed by atoms with Gasteiger partial charge in [-0.2, -0.15) is 5.10 Å². The average Bonchev–Trinajstić information content (AvgIpc) is 3.29. The predicted molar refractivity (Wildman–Crippen MR) is 90.8 cm³/mol. The van der Waals surface area contributed by atoms with Gasteiger partial charge in [-0.1, -0.05) is 12.1 Å². The van der Waals surface area contributed by atoms with Gasteiger partial charge in [0.05, 0.1) is 17.7 Å². The van der Waals surface area contributed by atoms with E-state index in [9.17, 15) is 14.0 Å². The van der Waals surface area contributed by atoms with E-state index in [1.165, 1.54) is 16.8 Å². The summed E-state index contributed by atoms with van der Waals surface area (Å²) in [6, 6.07) is 7.79. The number of fused-ring (bicyclic) bond motifs is 1. The maximum absolute atomic E-state index is 13.1. The average molecular weight is 341 g/mol. The van der Waals surface area contributed by atoms with Gasteiger partial charge in [-0.05, 0) is 55.4 Å². The lowest BCUT2D eigenvalue weighted by atomic mass is 9.95. The van der Waals surface area contributed by atoms with Gasteiger partial charge in [0.2, 0.25) is 5.91 Å². The minimum Gasteiger partial charge on any atom is -0.353 e. The number of halogens is 1. The fourth-order valence-electron chi connectivity index (χ4n) is 3.58. The van der Waals surface area contributed by atoms with Crippen LogP contribution >= 0.6 is 0 Å². The molecule has 0 unspecified atom stereocenters. The van der Waals surface area contributed by atoms with E-state index in [0.29, 0.717) is 13.1 Å². The number of carbonyl (C=O) groups is 1. The van der Waals surface area contributed by atoms with E-state index < -0.39 is 5.41 Å². The molecule has 0 aliphatic heterocycles. The number of nitrogens with one attached hydrogen (secondary N) is 1. The fourth-order valence-corrected chi connectivity index (χ4v) is 3.58. The second kappa shape index (κ2) is 6.10. The number of hydrogen-bond acceptors (Lipinski definition) is 3. The molecule has 1 fully saturated rings. The van der Waals surface area contributed by atoms with Gasteiger partial charge in [-0.15, -0.1) is 0 Å². The second-order valence-corrected chi connectivity index (χ2v) is 6.88. The highest BCUT2D eigenvalue weighted by Crippen LogP contribution is 2.48. The highest BCUT2D eigenvalue weighted by molar-refractivity contribution is 5.91. The first kappa shape index (κ1) is 16.0. The maximum atomic E-state index is 13.1.